The van der Waals surface area contributed by atoms with Crippen LogP contribution in [0.1, 0.15) is 23.6 Å². The molecular formula is C11H12N2O. The van der Waals surface area contributed by atoms with Gasteiger partial charge in [-0.3, -0.25) is 0 Å². The second-order valence-corrected chi connectivity index (χ2v) is 3.50. The molecule has 0 radical (unpaired) electrons. The SMILES string of the molecule is N#CCC1NCCc2ccc(O)cc21. The molecule has 1 atom stereocenters. The van der Waals surface area contributed by atoms with E-state index < -0.39 is 0 Å². The Kier molecular flexibility index (Phi) is 2.38. The normalized spacial score (nSPS) is 19.8. The Labute approximate surface area is 83.0 Å². The number of rotatable bonds is 1. The molecule has 1 aromatic rings. The standard InChI is InChI=1S/C11H12N2O/c12-5-3-11-10-7-9(14)2-1-8(10)4-6-13-11/h1-2,7,11,13-14H,3-4,6H2. The van der Waals surface area contributed by atoms with Crippen molar-refractivity contribution in [3.05, 3.63) is 29.3 Å². The lowest BCUT2D eigenvalue weighted by atomic mass is 9.92. The molecule has 0 aromatic heterocycles. The zero-order valence-corrected chi connectivity index (χ0v) is 7.83. The average molecular weight is 188 g/mol. The van der Waals surface area contributed by atoms with Crippen molar-refractivity contribution >= 4 is 0 Å². The molecule has 0 bridgehead atoms. The second kappa shape index (κ2) is 3.69. The number of fused-ring (bicyclic) bond motifs is 1. The first-order chi connectivity index (χ1) is 6.81. The first-order valence-electron chi connectivity index (χ1n) is 4.73. The molecule has 1 aromatic carbocycles. The minimum absolute atomic E-state index is 0.0795. The van der Waals surface area contributed by atoms with Gasteiger partial charge in [-0.2, -0.15) is 5.26 Å². The molecule has 3 heteroatoms. The van der Waals surface area contributed by atoms with Crippen molar-refractivity contribution in [3.8, 4) is 11.8 Å². The van der Waals surface area contributed by atoms with Gasteiger partial charge in [0.25, 0.3) is 0 Å². The highest BCUT2D eigenvalue weighted by Gasteiger charge is 2.19. The van der Waals surface area contributed by atoms with Crippen LogP contribution in [-0.2, 0) is 6.42 Å². The van der Waals surface area contributed by atoms with Gasteiger partial charge in [-0.05, 0) is 36.2 Å². The second-order valence-electron chi connectivity index (χ2n) is 3.50. The van der Waals surface area contributed by atoms with Crippen LogP contribution < -0.4 is 5.32 Å². The molecule has 14 heavy (non-hydrogen) atoms. The van der Waals surface area contributed by atoms with Gasteiger partial charge in [0.2, 0.25) is 0 Å². The Morgan fingerprint density at radius 2 is 2.43 bits per heavy atom. The number of hydrogen-bond donors (Lipinski definition) is 2. The van der Waals surface area contributed by atoms with E-state index in [4.69, 9.17) is 5.26 Å². The van der Waals surface area contributed by atoms with Crippen LogP contribution >= 0.6 is 0 Å². The molecule has 3 nitrogen and oxygen atoms in total. The summed E-state index contributed by atoms with van der Waals surface area (Å²) in [4.78, 5) is 0. The van der Waals surface area contributed by atoms with E-state index in [9.17, 15) is 5.11 Å². The van der Waals surface area contributed by atoms with Gasteiger partial charge >= 0.3 is 0 Å². The number of nitrogens with zero attached hydrogens (tertiary/aromatic N) is 1. The number of phenols is 1. The first kappa shape index (κ1) is 9.04. The fourth-order valence-corrected chi connectivity index (χ4v) is 1.90. The van der Waals surface area contributed by atoms with Gasteiger partial charge in [-0.15, -0.1) is 0 Å². The Morgan fingerprint density at radius 1 is 1.57 bits per heavy atom. The van der Waals surface area contributed by atoms with Crippen LogP contribution in [0, 0.1) is 11.3 Å². The molecule has 1 aliphatic rings. The van der Waals surface area contributed by atoms with Gasteiger partial charge in [0.05, 0.1) is 12.5 Å². The highest BCUT2D eigenvalue weighted by atomic mass is 16.3. The van der Waals surface area contributed by atoms with Crippen LogP contribution in [0.5, 0.6) is 5.75 Å². The third-order valence-corrected chi connectivity index (χ3v) is 2.59. The number of hydrogen-bond acceptors (Lipinski definition) is 3. The molecule has 1 unspecified atom stereocenters. The van der Waals surface area contributed by atoms with E-state index in [0.29, 0.717) is 6.42 Å². The Hall–Kier alpha value is -1.53. The summed E-state index contributed by atoms with van der Waals surface area (Å²) < 4.78 is 0. The maximum Gasteiger partial charge on any atom is 0.115 e. The van der Waals surface area contributed by atoms with E-state index in [0.717, 1.165) is 18.5 Å². The van der Waals surface area contributed by atoms with E-state index in [1.54, 1.807) is 12.1 Å². The lowest BCUT2D eigenvalue weighted by Crippen LogP contribution is -2.29. The van der Waals surface area contributed by atoms with Gasteiger partial charge in [-0.1, -0.05) is 6.07 Å². The van der Waals surface area contributed by atoms with Crippen molar-refractivity contribution in [1.29, 1.82) is 5.26 Å². The summed E-state index contributed by atoms with van der Waals surface area (Å²) >= 11 is 0. The molecule has 72 valence electrons. The first-order valence-corrected chi connectivity index (χ1v) is 4.73. The molecule has 0 spiro atoms. The number of nitriles is 1. The molecule has 2 rings (SSSR count). The molecule has 0 saturated carbocycles. The molecule has 1 aliphatic heterocycles. The molecular weight excluding hydrogens is 176 g/mol. The third-order valence-electron chi connectivity index (χ3n) is 2.59. The van der Waals surface area contributed by atoms with Crippen molar-refractivity contribution in [2.24, 2.45) is 0 Å². The Bertz CT molecular complexity index is 381. The van der Waals surface area contributed by atoms with E-state index in [2.05, 4.69) is 11.4 Å². The Balaban J connectivity index is 2.37. The topological polar surface area (TPSA) is 56.0 Å². The molecule has 1 heterocycles. The van der Waals surface area contributed by atoms with Crippen LogP contribution in [0.3, 0.4) is 0 Å². The highest BCUT2D eigenvalue weighted by Crippen LogP contribution is 2.28. The van der Waals surface area contributed by atoms with Gasteiger partial charge in [-0.25, -0.2) is 0 Å². The van der Waals surface area contributed by atoms with Gasteiger partial charge in [0.1, 0.15) is 5.75 Å². The van der Waals surface area contributed by atoms with Crippen LogP contribution in [0.4, 0.5) is 0 Å². The molecule has 0 saturated heterocycles. The third kappa shape index (κ3) is 1.57. The molecule has 0 fully saturated rings. The summed E-state index contributed by atoms with van der Waals surface area (Å²) in [6, 6.07) is 7.63. The van der Waals surface area contributed by atoms with Crippen molar-refractivity contribution in [2.75, 3.05) is 6.54 Å². The zero-order valence-electron chi connectivity index (χ0n) is 7.83. The largest absolute Gasteiger partial charge is 0.508 e. The molecule has 2 N–H and O–H groups in total. The minimum atomic E-state index is 0.0795. The monoisotopic (exact) mass is 188 g/mol. The Morgan fingerprint density at radius 3 is 3.21 bits per heavy atom. The summed E-state index contributed by atoms with van der Waals surface area (Å²) in [6.45, 7) is 0.907. The van der Waals surface area contributed by atoms with Crippen LogP contribution in [-0.4, -0.2) is 11.7 Å². The molecule has 0 amide bonds. The van der Waals surface area contributed by atoms with E-state index in [1.807, 2.05) is 6.07 Å². The van der Waals surface area contributed by atoms with Gasteiger partial charge in [0.15, 0.2) is 0 Å². The van der Waals surface area contributed by atoms with Crippen molar-refractivity contribution in [2.45, 2.75) is 18.9 Å². The predicted molar refractivity (Wildman–Crippen MR) is 52.8 cm³/mol. The van der Waals surface area contributed by atoms with E-state index in [1.165, 1.54) is 5.56 Å². The van der Waals surface area contributed by atoms with Crippen molar-refractivity contribution in [3.63, 3.8) is 0 Å². The number of benzene rings is 1. The summed E-state index contributed by atoms with van der Waals surface area (Å²) in [7, 11) is 0. The lowest BCUT2D eigenvalue weighted by molar-refractivity contribution is 0.465. The smallest absolute Gasteiger partial charge is 0.115 e. The highest BCUT2D eigenvalue weighted by molar-refractivity contribution is 5.39. The maximum absolute atomic E-state index is 9.36. The fourth-order valence-electron chi connectivity index (χ4n) is 1.90. The quantitative estimate of drug-likeness (QED) is 0.702. The maximum atomic E-state index is 9.36. The van der Waals surface area contributed by atoms with Crippen LogP contribution in [0.2, 0.25) is 0 Å². The lowest BCUT2D eigenvalue weighted by Gasteiger charge is -2.25. The number of phenolic OH excluding ortho intramolecular Hbond substituents is 1. The van der Waals surface area contributed by atoms with E-state index >= 15 is 0 Å². The van der Waals surface area contributed by atoms with Crippen LogP contribution in [0.15, 0.2) is 18.2 Å². The predicted octanol–water partition coefficient (Wildman–Crippen LogP) is 1.49. The summed E-state index contributed by atoms with van der Waals surface area (Å²) in [5.41, 5.74) is 2.31. The summed E-state index contributed by atoms with van der Waals surface area (Å²) in [6.07, 6.45) is 1.42. The fraction of sp³-hybridized carbons (Fsp3) is 0.364. The number of nitrogens with one attached hydrogen (secondary N) is 1. The average Bonchev–Trinajstić information content (AvgIpc) is 2.19. The van der Waals surface area contributed by atoms with Gasteiger partial charge in [0, 0.05) is 6.04 Å². The minimum Gasteiger partial charge on any atom is -0.508 e. The summed E-state index contributed by atoms with van der Waals surface area (Å²) in [5.74, 6) is 0.274. The molecule has 0 aliphatic carbocycles. The zero-order chi connectivity index (χ0) is 9.97. The van der Waals surface area contributed by atoms with E-state index in [-0.39, 0.29) is 11.8 Å². The van der Waals surface area contributed by atoms with Crippen molar-refractivity contribution < 1.29 is 5.11 Å². The summed E-state index contributed by atoms with van der Waals surface area (Å²) in [5, 5.41) is 21.3. The van der Waals surface area contributed by atoms with Crippen LogP contribution in [0.25, 0.3) is 0 Å². The van der Waals surface area contributed by atoms with Gasteiger partial charge < -0.3 is 10.4 Å². The number of aromatic hydroxyl groups is 1. The van der Waals surface area contributed by atoms with Crippen molar-refractivity contribution in [1.82, 2.24) is 5.32 Å².